The van der Waals surface area contributed by atoms with Crippen molar-refractivity contribution in [2.24, 2.45) is 0 Å². The number of unbranched alkanes of at least 4 members (excludes halogenated alkanes) is 2. The second-order valence-corrected chi connectivity index (χ2v) is 9.41. The van der Waals surface area contributed by atoms with Gasteiger partial charge in [0.05, 0.1) is 9.40 Å². The van der Waals surface area contributed by atoms with E-state index in [4.69, 9.17) is 0 Å². The molecule has 0 radical (unpaired) electrons. The number of thiophene rings is 2. The van der Waals surface area contributed by atoms with E-state index in [0.717, 1.165) is 0 Å². The van der Waals surface area contributed by atoms with Crippen LogP contribution in [0.5, 0.6) is 0 Å². The van der Waals surface area contributed by atoms with Crippen LogP contribution in [-0.4, -0.2) is 0 Å². The van der Waals surface area contributed by atoms with Gasteiger partial charge in [0.15, 0.2) is 0 Å². The number of aryl methyl sites for hydroxylation is 2. The average molecular weight is 375 g/mol. The zero-order chi connectivity index (χ0) is 17.7. The maximum atomic E-state index is 2.43. The molecular weight excluding hydrogens is 352 g/mol. The monoisotopic (exact) mass is 374 g/mol. The van der Waals surface area contributed by atoms with E-state index in [1.807, 2.05) is 22.7 Å². The summed E-state index contributed by atoms with van der Waals surface area (Å²) in [5.74, 6) is 0. The van der Waals surface area contributed by atoms with Gasteiger partial charge in [-0.15, -0.1) is 22.7 Å². The predicted octanol–water partition coefficient (Wildman–Crippen LogP) is 8.46. The summed E-state index contributed by atoms with van der Waals surface area (Å²) in [5.41, 5.74) is 2.83. The number of rotatable bonds is 4. The Morgan fingerprint density at radius 1 is 0.692 bits per heavy atom. The van der Waals surface area contributed by atoms with E-state index in [-0.39, 0.29) is 0 Å². The molecule has 0 aliphatic heterocycles. The molecule has 0 atom stereocenters. The second kappa shape index (κ2) is 6.37. The first-order valence-corrected chi connectivity index (χ1v) is 11.1. The lowest BCUT2D eigenvalue weighted by Crippen LogP contribution is -1.84. The lowest BCUT2D eigenvalue weighted by molar-refractivity contribution is 0.718. The second-order valence-electron chi connectivity index (χ2n) is 7.31. The third-order valence-electron chi connectivity index (χ3n) is 5.37. The molecule has 0 saturated heterocycles. The highest BCUT2D eigenvalue weighted by Crippen LogP contribution is 2.44. The van der Waals surface area contributed by atoms with Crippen LogP contribution in [0.15, 0.2) is 48.5 Å². The van der Waals surface area contributed by atoms with E-state index in [2.05, 4.69) is 62.4 Å². The van der Waals surface area contributed by atoms with E-state index in [1.54, 1.807) is 0 Å². The summed E-state index contributed by atoms with van der Waals surface area (Å²) in [6.07, 6.45) is 5.11. The van der Waals surface area contributed by atoms with Crippen molar-refractivity contribution < 1.29 is 0 Å². The van der Waals surface area contributed by atoms with Gasteiger partial charge in [0.2, 0.25) is 0 Å². The van der Waals surface area contributed by atoms with Crippen LogP contribution in [0.1, 0.15) is 37.3 Å². The highest BCUT2D eigenvalue weighted by molar-refractivity contribution is 7.33. The normalized spacial score (nSPS) is 12.1. The van der Waals surface area contributed by atoms with Crippen LogP contribution in [-0.2, 0) is 6.42 Å². The molecule has 0 saturated carbocycles. The zero-order valence-corrected chi connectivity index (χ0v) is 16.9. The minimum Gasteiger partial charge on any atom is -0.134 e. The Kier molecular flexibility index (Phi) is 3.99. The van der Waals surface area contributed by atoms with Crippen LogP contribution >= 0.6 is 22.7 Å². The molecule has 130 valence electrons. The first-order valence-electron chi connectivity index (χ1n) is 9.51. The topological polar surface area (TPSA) is 0 Å². The van der Waals surface area contributed by atoms with Crippen LogP contribution in [0.4, 0.5) is 0 Å². The Bertz CT molecular complexity index is 1250. The molecular formula is C24H22S2. The first-order chi connectivity index (χ1) is 12.7. The summed E-state index contributed by atoms with van der Waals surface area (Å²) >= 11 is 3.93. The number of hydrogen-bond acceptors (Lipinski definition) is 2. The molecule has 0 unspecified atom stereocenters. The Labute approximate surface area is 162 Å². The van der Waals surface area contributed by atoms with E-state index in [9.17, 15) is 0 Å². The van der Waals surface area contributed by atoms with Gasteiger partial charge in [-0.05, 0) is 43.0 Å². The maximum Gasteiger partial charge on any atom is 0.0534 e. The molecule has 0 nitrogen and oxygen atoms in total. The summed E-state index contributed by atoms with van der Waals surface area (Å²) in [6, 6.07) is 18.6. The van der Waals surface area contributed by atoms with Crippen LogP contribution in [0.3, 0.4) is 0 Å². The number of hydrogen-bond donors (Lipinski definition) is 0. The summed E-state index contributed by atoms with van der Waals surface area (Å²) in [4.78, 5) is 0. The third kappa shape index (κ3) is 2.55. The standard InChI is InChI=1S/C24H22S2/c1-3-4-5-6-16-8-10-18-20-12-11-19-17-9-7-15(2)13-21(17)25-23(19)24(20)26-22(18)14-16/h7-14H,3-6H2,1-2H3. The van der Waals surface area contributed by atoms with Crippen molar-refractivity contribution in [3.63, 3.8) is 0 Å². The Morgan fingerprint density at radius 2 is 1.31 bits per heavy atom. The fourth-order valence-corrected chi connectivity index (χ4v) is 6.66. The van der Waals surface area contributed by atoms with Gasteiger partial charge in [-0.1, -0.05) is 56.2 Å². The lowest BCUT2D eigenvalue weighted by atomic mass is 10.0. The highest BCUT2D eigenvalue weighted by Gasteiger charge is 2.13. The molecule has 0 amide bonds. The zero-order valence-electron chi connectivity index (χ0n) is 15.3. The summed E-state index contributed by atoms with van der Waals surface area (Å²) in [6.45, 7) is 4.45. The smallest absolute Gasteiger partial charge is 0.0534 e. The van der Waals surface area contributed by atoms with Crippen molar-refractivity contribution >= 4 is 63.0 Å². The molecule has 3 aromatic carbocycles. The quantitative estimate of drug-likeness (QED) is 0.277. The van der Waals surface area contributed by atoms with Crippen LogP contribution in [0.2, 0.25) is 0 Å². The van der Waals surface area contributed by atoms with Gasteiger partial charge in [0.25, 0.3) is 0 Å². The summed E-state index contributed by atoms with van der Waals surface area (Å²) in [5, 5.41) is 5.64. The summed E-state index contributed by atoms with van der Waals surface area (Å²) < 4.78 is 5.76. The van der Waals surface area contributed by atoms with Crippen LogP contribution < -0.4 is 0 Å². The number of fused-ring (bicyclic) bond motifs is 7. The molecule has 2 heterocycles. The molecule has 2 heteroatoms. The minimum atomic E-state index is 1.20. The molecule has 0 aliphatic rings. The molecule has 0 fully saturated rings. The van der Waals surface area contributed by atoms with Gasteiger partial charge in [0, 0.05) is 30.9 Å². The minimum absolute atomic E-state index is 1.20. The van der Waals surface area contributed by atoms with Gasteiger partial charge >= 0.3 is 0 Å². The lowest BCUT2D eigenvalue weighted by Gasteiger charge is -2.00. The molecule has 0 spiro atoms. The van der Waals surface area contributed by atoms with Crippen molar-refractivity contribution in [1.29, 1.82) is 0 Å². The first kappa shape index (κ1) is 16.3. The molecule has 2 aromatic heterocycles. The fourth-order valence-electron chi connectivity index (χ4n) is 3.95. The number of benzene rings is 3. The highest BCUT2D eigenvalue weighted by atomic mass is 32.1. The van der Waals surface area contributed by atoms with Gasteiger partial charge in [-0.2, -0.15) is 0 Å². The van der Waals surface area contributed by atoms with Crippen molar-refractivity contribution in [3.8, 4) is 0 Å². The summed E-state index contributed by atoms with van der Waals surface area (Å²) in [7, 11) is 0. The van der Waals surface area contributed by atoms with Crippen LogP contribution in [0, 0.1) is 6.92 Å². The van der Waals surface area contributed by atoms with Gasteiger partial charge in [0.1, 0.15) is 0 Å². The molecule has 0 N–H and O–H groups in total. The largest absolute Gasteiger partial charge is 0.134 e. The Hall–Kier alpha value is -1.90. The van der Waals surface area contributed by atoms with Crippen molar-refractivity contribution in [2.75, 3.05) is 0 Å². The average Bonchev–Trinajstić information content (AvgIpc) is 3.18. The van der Waals surface area contributed by atoms with Crippen molar-refractivity contribution in [2.45, 2.75) is 39.5 Å². The van der Waals surface area contributed by atoms with E-state index >= 15 is 0 Å². The Balaban J connectivity index is 1.72. The van der Waals surface area contributed by atoms with Crippen molar-refractivity contribution in [3.05, 3.63) is 59.7 Å². The Morgan fingerprint density at radius 3 is 2.00 bits per heavy atom. The van der Waals surface area contributed by atoms with Gasteiger partial charge < -0.3 is 0 Å². The molecule has 5 rings (SSSR count). The van der Waals surface area contributed by atoms with E-state index in [1.165, 1.54) is 77.2 Å². The van der Waals surface area contributed by atoms with Gasteiger partial charge in [-0.3, -0.25) is 0 Å². The van der Waals surface area contributed by atoms with Gasteiger partial charge in [-0.25, -0.2) is 0 Å². The van der Waals surface area contributed by atoms with Crippen molar-refractivity contribution in [1.82, 2.24) is 0 Å². The van der Waals surface area contributed by atoms with E-state index in [0.29, 0.717) is 0 Å². The molecule has 26 heavy (non-hydrogen) atoms. The predicted molar refractivity (Wildman–Crippen MR) is 120 cm³/mol. The SMILES string of the molecule is CCCCCc1ccc2c(c1)sc1c2ccc2c3ccc(C)cc3sc21. The molecule has 5 aromatic rings. The fraction of sp³-hybridized carbons (Fsp3) is 0.250. The van der Waals surface area contributed by atoms with E-state index < -0.39 is 0 Å². The molecule has 0 bridgehead atoms. The third-order valence-corrected chi connectivity index (χ3v) is 7.87. The molecule has 0 aliphatic carbocycles. The van der Waals surface area contributed by atoms with Crippen LogP contribution in [0.25, 0.3) is 40.3 Å². The maximum absolute atomic E-state index is 2.43.